The van der Waals surface area contributed by atoms with Crippen molar-refractivity contribution in [3.63, 3.8) is 0 Å². The fourth-order valence-electron chi connectivity index (χ4n) is 5.41. The minimum atomic E-state index is -0.0598. The number of fused-ring (bicyclic) bond motifs is 2. The van der Waals surface area contributed by atoms with Crippen molar-refractivity contribution in [3.05, 3.63) is 68.8 Å². The number of H-pyrrole nitrogens is 1. The van der Waals surface area contributed by atoms with Crippen LogP contribution in [0.3, 0.4) is 0 Å². The molecule has 1 aromatic carbocycles. The molecule has 1 saturated carbocycles. The van der Waals surface area contributed by atoms with Gasteiger partial charge in [0.1, 0.15) is 0 Å². The number of benzene rings is 1. The molecule has 1 unspecified atom stereocenters. The lowest BCUT2D eigenvalue weighted by atomic mass is 9.98. The predicted molar refractivity (Wildman–Crippen MR) is 126 cm³/mol. The Labute approximate surface area is 193 Å². The zero-order valence-corrected chi connectivity index (χ0v) is 19.2. The first kappa shape index (κ1) is 20.7. The summed E-state index contributed by atoms with van der Waals surface area (Å²) >= 11 is 0. The van der Waals surface area contributed by atoms with Crippen LogP contribution in [0.2, 0.25) is 0 Å². The number of hydrogen-bond donors (Lipinski definition) is 1. The van der Waals surface area contributed by atoms with Gasteiger partial charge in [-0.15, -0.1) is 0 Å². The number of amides is 1. The zero-order chi connectivity index (χ0) is 22.5. The van der Waals surface area contributed by atoms with Gasteiger partial charge in [-0.3, -0.25) is 19.6 Å². The number of likely N-dealkylation sites (tertiary alicyclic amines) is 1. The minimum absolute atomic E-state index is 0.0598. The molecular formula is C26H31N5O2. The Morgan fingerprint density at radius 2 is 1.94 bits per heavy atom. The first-order valence-electron chi connectivity index (χ1n) is 12.3. The fourth-order valence-corrected chi connectivity index (χ4v) is 5.41. The van der Waals surface area contributed by atoms with Gasteiger partial charge in [0.25, 0.3) is 5.56 Å². The third kappa shape index (κ3) is 3.88. The summed E-state index contributed by atoms with van der Waals surface area (Å²) in [6.45, 7) is 5.11. The normalized spacial score (nSPS) is 21.4. The first-order valence-corrected chi connectivity index (χ1v) is 12.3. The molecule has 0 spiro atoms. The maximum atomic E-state index is 13.4. The van der Waals surface area contributed by atoms with Gasteiger partial charge < -0.3 is 4.90 Å². The Balaban J connectivity index is 1.30. The number of aromatic amines is 1. The van der Waals surface area contributed by atoms with Crippen molar-refractivity contribution in [2.24, 2.45) is 5.92 Å². The molecule has 3 aromatic rings. The molecule has 4 heterocycles. The van der Waals surface area contributed by atoms with Crippen molar-refractivity contribution in [2.75, 3.05) is 13.1 Å². The Morgan fingerprint density at radius 3 is 2.73 bits per heavy atom. The number of aryl methyl sites for hydroxylation is 1. The van der Waals surface area contributed by atoms with Crippen LogP contribution in [0.15, 0.2) is 35.1 Å². The van der Waals surface area contributed by atoms with E-state index >= 15 is 0 Å². The third-order valence-corrected chi connectivity index (χ3v) is 7.50. The summed E-state index contributed by atoms with van der Waals surface area (Å²) in [5, 5.41) is 3.38. The number of carbonyl (C=O) groups excluding carboxylic acids is 1. The summed E-state index contributed by atoms with van der Waals surface area (Å²) in [5.41, 5.74) is 5.80. The van der Waals surface area contributed by atoms with Gasteiger partial charge in [0, 0.05) is 31.5 Å². The maximum Gasteiger partial charge on any atom is 0.277 e. The first-order chi connectivity index (χ1) is 16.1. The molecule has 2 aromatic heterocycles. The quantitative estimate of drug-likeness (QED) is 0.668. The van der Waals surface area contributed by atoms with Gasteiger partial charge in [0.05, 0.1) is 29.5 Å². The van der Waals surface area contributed by atoms with E-state index in [1.807, 2.05) is 4.90 Å². The molecule has 7 nitrogen and oxygen atoms in total. The van der Waals surface area contributed by atoms with E-state index < -0.39 is 0 Å². The number of nitrogens with one attached hydrogen (secondary N) is 1. The second kappa shape index (κ2) is 8.13. The van der Waals surface area contributed by atoms with E-state index in [1.165, 1.54) is 24.0 Å². The molecule has 172 valence electrons. The predicted octanol–water partition coefficient (Wildman–Crippen LogP) is 3.35. The highest BCUT2D eigenvalue weighted by molar-refractivity contribution is 5.81. The lowest BCUT2D eigenvalue weighted by molar-refractivity contribution is -0.133. The summed E-state index contributed by atoms with van der Waals surface area (Å²) in [6.07, 6.45) is 6.07. The minimum Gasteiger partial charge on any atom is -0.337 e. The van der Waals surface area contributed by atoms with Gasteiger partial charge in [0.15, 0.2) is 5.65 Å². The average Bonchev–Trinajstić information content (AvgIpc) is 3.60. The number of rotatable bonds is 4. The highest BCUT2D eigenvalue weighted by Gasteiger charge is 2.36. The molecule has 2 fully saturated rings. The summed E-state index contributed by atoms with van der Waals surface area (Å²) in [7, 11) is 0. The van der Waals surface area contributed by atoms with Crippen molar-refractivity contribution >= 4 is 11.6 Å². The molecule has 1 amide bonds. The zero-order valence-electron chi connectivity index (χ0n) is 19.2. The topological polar surface area (TPSA) is 73.7 Å². The summed E-state index contributed by atoms with van der Waals surface area (Å²) in [5.74, 6) is 0.375. The average molecular weight is 446 g/mol. The van der Waals surface area contributed by atoms with Gasteiger partial charge in [-0.25, -0.2) is 9.50 Å². The van der Waals surface area contributed by atoms with E-state index in [0.717, 1.165) is 43.7 Å². The molecule has 1 aliphatic carbocycles. The number of piperidine rings is 1. The fraction of sp³-hybridized carbons (Fsp3) is 0.500. The van der Waals surface area contributed by atoms with Crippen LogP contribution in [0, 0.1) is 12.8 Å². The molecule has 3 aliphatic rings. The van der Waals surface area contributed by atoms with E-state index in [4.69, 9.17) is 4.98 Å². The van der Waals surface area contributed by atoms with Crippen LogP contribution in [-0.4, -0.2) is 43.4 Å². The van der Waals surface area contributed by atoms with E-state index in [2.05, 4.69) is 47.3 Å². The lowest BCUT2D eigenvalue weighted by Gasteiger charge is -2.35. The summed E-state index contributed by atoms with van der Waals surface area (Å²) < 4.78 is 1.60. The number of aromatic nitrogens is 3. The summed E-state index contributed by atoms with van der Waals surface area (Å²) in [4.78, 5) is 35.1. The molecule has 2 aliphatic heterocycles. The maximum absolute atomic E-state index is 13.4. The van der Waals surface area contributed by atoms with Crippen LogP contribution in [0.4, 0.5) is 0 Å². The second-order valence-electron chi connectivity index (χ2n) is 10.00. The Bertz CT molecular complexity index is 1250. The molecule has 1 atom stereocenters. The van der Waals surface area contributed by atoms with Crippen LogP contribution in [0.1, 0.15) is 66.2 Å². The molecule has 0 radical (unpaired) electrons. The van der Waals surface area contributed by atoms with Gasteiger partial charge in [0.2, 0.25) is 5.91 Å². The SMILES string of the molecule is Cc1ccc(CN2CCCCC2c2cc3nc4c(c(=O)n3[nH]2)CN(C(=O)C2CC2)CC4)cc1. The Morgan fingerprint density at radius 1 is 1.12 bits per heavy atom. The number of hydrogen-bond acceptors (Lipinski definition) is 4. The van der Waals surface area contributed by atoms with Gasteiger partial charge in [-0.05, 0) is 44.7 Å². The van der Waals surface area contributed by atoms with Crippen molar-refractivity contribution in [1.82, 2.24) is 24.4 Å². The highest BCUT2D eigenvalue weighted by atomic mass is 16.2. The van der Waals surface area contributed by atoms with Crippen LogP contribution < -0.4 is 5.56 Å². The molecule has 7 heteroatoms. The molecule has 0 bridgehead atoms. The molecular weight excluding hydrogens is 414 g/mol. The molecule has 6 rings (SSSR count). The number of carbonyl (C=O) groups is 1. The van der Waals surface area contributed by atoms with Crippen LogP contribution in [0.5, 0.6) is 0 Å². The van der Waals surface area contributed by atoms with Gasteiger partial charge in [-0.2, -0.15) is 0 Å². The van der Waals surface area contributed by atoms with E-state index in [1.54, 1.807) is 4.52 Å². The third-order valence-electron chi connectivity index (χ3n) is 7.50. The number of nitrogens with zero attached hydrogens (tertiary/aromatic N) is 4. The standard InChI is InChI=1S/C26H31N5O2/c1-17-5-7-18(8-6-17)15-29-12-3-2-4-23(29)22-14-24-27-21-11-13-30(25(32)19-9-10-19)16-20(21)26(33)31(24)28-22/h5-8,14,19,23,28H,2-4,9-13,15-16H2,1H3. The monoisotopic (exact) mass is 445 g/mol. The smallest absolute Gasteiger partial charge is 0.277 e. The van der Waals surface area contributed by atoms with E-state index in [9.17, 15) is 9.59 Å². The van der Waals surface area contributed by atoms with Crippen molar-refractivity contribution in [3.8, 4) is 0 Å². The van der Waals surface area contributed by atoms with Gasteiger partial charge >= 0.3 is 0 Å². The molecule has 33 heavy (non-hydrogen) atoms. The highest BCUT2D eigenvalue weighted by Crippen LogP contribution is 2.33. The Hall–Kier alpha value is -2.93. The Kier molecular flexibility index (Phi) is 5.09. The lowest BCUT2D eigenvalue weighted by Crippen LogP contribution is -2.41. The van der Waals surface area contributed by atoms with E-state index in [0.29, 0.717) is 30.7 Å². The van der Waals surface area contributed by atoms with Crippen molar-refractivity contribution < 1.29 is 4.79 Å². The van der Waals surface area contributed by atoms with E-state index in [-0.39, 0.29) is 23.4 Å². The van der Waals surface area contributed by atoms with Crippen LogP contribution in [-0.2, 0) is 24.3 Å². The summed E-state index contributed by atoms with van der Waals surface area (Å²) in [6, 6.07) is 11.1. The molecule has 1 saturated heterocycles. The van der Waals surface area contributed by atoms with Crippen molar-refractivity contribution in [2.45, 2.75) is 64.6 Å². The van der Waals surface area contributed by atoms with Crippen LogP contribution in [0.25, 0.3) is 5.65 Å². The van der Waals surface area contributed by atoms with Gasteiger partial charge in [-0.1, -0.05) is 36.2 Å². The molecule has 1 N–H and O–H groups in total. The van der Waals surface area contributed by atoms with Crippen LogP contribution >= 0.6 is 0 Å². The van der Waals surface area contributed by atoms with Crippen molar-refractivity contribution in [1.29, 1.82) is 0 Å². The second-order valence-corrected chi connectivity index (χ2v) is 10.00. The largest absolute Gasteiger partial charge is 0.337 e.